The molecule has 0 N–H and O–H groups in total. The molecule has 0 spiro atoms. The Kier molecular flexibility index (Phi) is 5.78. The number of methoxy groups -OCH3 is 1. The largest absolute Gasteiger partial charge is 0.497 e. The Hall–Kier alpha value is -2.53. The van der Waals surface area contributed by atoms with Crippen LogP contribution in [0.25, 0.3) is 0 Å². The van der Waals surface area contributed by atoms with Gasteiger partial charge in [0.15, 0.2) is 0 Å². The molecule has 5 heteroatoms. The van der Waals surface area contributed by atoms with Crippen molar-refractivity contribution in [1.29, 1.82) is 0 Å². The standard InChI is InChI=1S/C21H25NO4/c1-15-12-17(14-20(23)22-8-10-25-11-9-22)13-16(2)21(15)26-19-6-4-18(24-3)5-7-19/h4-7,12-13H,8-11,14H2,1-3H3. The highest BCUT2D eigenvalue weighted by atomic mass is 16.5. The van der Waals surface area contributed by atoms with Crippen LogP contribution in [-0.4, -0.2) is 44.2 Å². The van der Waals surface area contributed by atoms with E-state index < -0.39 is 0 Å². The van der Waals surface area contributed by atoms with Crippen molar-refractivity contribution < 1.29 is 19.0 Å². The highest BCUT2D eigenvalue weighted by Crippen LogP contribution is 2.31. The molecule has 0 unspecified atom stereocenters. The first-order valence-corrected chi connectivity index (χ1v) is 8.84. The molecule has 0 saturated carbocycles. The molecule has 0 aliphatic carbocycles. The zero-order valence-corrected chi connectivity index (χ0v) is 15.6. The molecular formula is C21H25NO4. The molecule has 5 nitrogen and oxygen atoms in total. The Bertz CT molecular complexity index is 741. The second-order valence-electron chi connectivity index (χ2n) is 6.51. The third-order valence-corrected chi connectivity index (χ3v) is 4.52. The molecule has 1 aliphatic rings. The average Bonchev–Trinajstić information content (AvgIpc) is 2.66. The van der Waals surface area contributed by atoms with Crippen LogP contribution in [0.3, 0.4) is 0 Å². The molecule has 0 aromatic heterocycles. The van der Waals surface area contributed by atoms with Crippen molar-refractivity contribution in [2.45, 2.75) is 20.3 Å². The van der Waals surface area contributed by atoms with E-state index >= 15 is 0 Å². The SMILES string of the molecule is COc1ccc(Oc2c(C)cc(CC(=O)N3CCOCC3)cc2C)cc1. The Morgan fingerprint density at radius 3 is 2.19 bits per heavy atom. The monoisotopic (exact) mass is 355 g/mol. The molecule has 1 fully saturated rings. The van der Waals surface area contributed by atoms with Gasteiger partial charge >= 0.3 is 0 Å². The number of carbonyl (C=O) groups excluding carboxylic acids is 1. The van der Waals surface area contributed by atoms with Crippen LogP contribution in [0.2, 0.25) is 0 Å². The van der Waals surface area contributed by atoms with Crippen LogP contribution in [0.4, 0.5) is 0 Å². The minimum absolute atomic E-state index is 0.149. The molecule has 0 atom stereocenters. The molecule has 1 saturated heterocycles. The lowest BCUT2D eigenvalue weighted by Crippen LogP contribution is -2.41. The number of hydrogen-bond donors (Lipinski definition) is 0. The van der Waals surface area contributed by atoms with Crippen molar-refractivity contribution in [3.63, 3.8) is 0 Å². The summed E-state index contributed by atoms with van der Waals surface area (Å²) < 4.78 is 16.5. The number of morpholine rings is 1. The lowest BCUT2D eigenvalue weighted by Gasteiger charge is -2.27. The zero-order chi connectivity index (χ0) is 18.5. The minimum Gasteiger partial charge on any atom is -0.497 e. The van der Waals surface area contributed by atoms with Gasteiger partial charge in [0.2, 0.25) is 5.91 Å². The summed E-state index contributed by atoms with van der Waals surface area (Å²) in [6, 6.07) is 11.6. The molecule has 1 aliphatic heterocycles. The maximum Gasteiger partial charge on any atom is 0.227 e. The number of hydrogen-bond acceptors (Lipinski definition) is 4. The second-order valence-corrected chi connectivity index (χ2v) is 6.51. The van der Waals surface area contributed by atoms with Gasteiger partial charge in [-0.3, -0.25) is 4.79 Å². The van der Waals surface area contributed by atoms with E-state index in [0.29, 0.717) is 32.7 Å². The van der Waals surface area contributed by atoms with Gasteiger partial charge < -0.3 is 19.1 Å². The first-order valence-electron chi connectivity index (χ1n) is 8.84. The van der Waals surface area contributed by atoms with Gasteiger partial charge in [0.05, 0.1) is 26.7 Å². The van der Waals surface area contributed by atoms with Crippen molar-refractivity contribution in [3.05, 3.63) is 53.1 Å². The lowest BCUT2D eigenvalue weighted by molar-refractivity contribution is -0.134. The molecule has 2 aromatic carbocycles. The summed E-state index contributed by atoms with van der Waals surface area (Å²) in [4.78, 5) is 14.3. The molecule has 3 rings (SSSR count). The van der Waals surface area contributed by atoms with Crippen molar-refractivity contribution in [2.24, 2.45) is 0 Å². The number of aryl methyl sites for hydroxylation is 2. The molecule has 26 heavy (non-hydrogen) atoms. The van der Waals surface area contributed by atoms with Gasteiger partial charge in [-0.25, -0.2) is 0 Å². The Morgan fingerprint density at radius 2 is 1.62 bits per heavy atom. The molecule has 138 valence electrons. The molecule has 1 heterocycles. The van der Waals surface area contributed by atoms with Crippen LogP contribution >= 0.6 is 0 Å². The summed E-state index contributed by atoms with van der Waals surface area (Å²) >= 11 is 0. The van der Waals surface area contributed by atoms with Crippen LogP contribution in [0.1, 0.15) is 16.7 Å². The molecule has 0 bridgehead atoms. The van der Waals surface area contributed by atoms with E-state index in [9.17, 15) is 4.79 Å². The van der Waals surface area contributed by atoms with Gasteiger partial charge in [-0.2, -0.15) is 0 Å². The quantitative estimate of drug-likeness (QED) is 0.824. The fourth-order valence-corrected chi connectivity index (χ4v) is 3.16. The van der Waals surface area contributed by atoms with E-state index in [1.54, 1.807) is 7.11 Å². The van der Waals surface area contributed by atoms with Gasteiger partial charge in [0, 0.05) is 13.1 Å². The fraction of sp³-hybridized carbons (Fsp3) is 0.381. The summed E-state index contributed by atoms with van der Waals surface area (Å²) in [6.07, 6.45) is 0.407. The number of nitrogens with zero attached hydrogens (tertiary/aromatic N) is 1. The van der Waals surface area contributed by atoms with Gasteiger partial charge in [-0.15, -0.1) is 0 Å². The van der Waals surface area contributed by atoms with Crippen LogP contribution in [0, 0.1) is 13.8 Å². The van der Waals surface area contributed by atoms with E-state index in [1.165, 1.54) is 0 Å². The number of rotatable bonds is 5. The molecule has 0 radical (unpaired) electrons. The Balaban J connectivity index is 1.71. The molecular weight excluding hydrogens is 330 g/mol. The van der Waals surface area contributed by atoms with Crippen molar-refractivity contribution in [3.8, 4) is 17.2 Å². The number of benzene rings is 2. The highest BCUT2D eigenvalue weighted by molar-refractivity contribution is 5.79. The Labute approximate surface area is 154 Å². The van der Waals surface area contributed by atoms with Gasteiger partial charge in [-0.05, 0) is 54.8 Å². The summed E-state index contributed by atoms with van der Waals surface area (Å²) in [5.41, 5.74) is 3.05. The predicted molar refractivity (Wildman–Crippen MR) is 100 cm³/mol. The van der Waals surface area contributed by atoms with Crippen LogP contribution in [0.15, 0.2) is 36.4 Å². The van der Waals surface area contributed by atoms with E-state index in [2.05, 4.69) is 0 Å². The Morgan fingerprint density at radius 1 is 1.04 bits per heavy atom. The predicted octanol–water partition coefficient (Wildman–Crippen LogP) is 3.51. The van der Waals surface area contributed by atoms with Crippen LogP contribution < -0.4 is 9.47 Å². The van der Waals surface area contributed by atoms with E-state index in [1.807, 2.05) is 55.1 Å². The average molecular weight is 355 g/mol. The highest BCUT2D eigenvalue weighted by Gasteiger charge is 2.18. The first kappa shape index (κ1) is 18.3. The summed E-state index contributed by atoms with van der Waals surface area (Å²) in [5.74, 6) is 2.53. The van der Waals surface area contributed by atoms with Crippen molar-refractivity contribution in [1.82, 2.24) is 4.90 Å². The van der Waals surface area contributed by atoms with Gasteiger partial charge in [-0.1, -0.05) is 12.1 Å². The number of amides is 1. The molecule has 2 aromatic rings. The van der Waals surface area contributed by atoms with E-state index in [-0.39, 0.29) is 5.91 Å². The van der Waals surface area contributed by atoms with Gasteiger partial charge in [0.25, 0.3) is 0 Å². The van der Waals surface area contributed by atoms with E-state index in [4.69, 9.17) is 14.2 Å². The third-order valence-electron chi connectivity index (χ3n) is 4.52. The number of ether oxygens (including phenoxy) is 3. The fourth-order valence-electron chi connectivity index (χ4n) is 3.16. The normalized spacial score (nSPS) is 14.2. The van der Waals surface area contributed by atoms with Gasteiger partial charge in [0.1, 0.15) is 17.2 Å². The molecule has 1 amide bonds. The van der Waals surface area contributed by atoms with Crippen LogP contribution in [-0.2, 0) is 16.0 Å². The van der Waals surface area contributed by atoms with Crippen molar-refractivity contribution in [2.75, 3.05) is 33.4 Å². The first-order chi connectivity index (χ1) is 12.6. The maximum absolute atomic E-state index is 12.5. The topological polar surface area (TPSA) is 48.0 Å². The van der Waals surface area contributed by atoms with Crippen molar-refractivity contribution >= 4 is 5.91 Å². The summed E-state index contributed by atoms with van der Waals surface area (Å²) in [6.45, 7) is 6.62. The van der Waals surface area contributed by atoms with E-state index in [0.717, 1.165) is 33.9 Å². The summed E-state index contributed by atoms with van der Waals surface area (Å²) in [5, 5.41) is 0. The van der Waals surface area contributed by atoms with Crippen LogP contribution in [0.5, 0.6) is 17.2 Å². The maximum atomic E-state index is 12.5. The number of carbonyl (C=O) groups is 1. The minimum atomic E-state index is 0.149. The second kappa shape index (κ2) is 8.23. The third kappa shape index (κ3) is 4.35. The lowest BCUT2D eigenvalue weighted by atomic mass is 10.0. The zero-order valence-electron chi connectivity index (χ0n) is 15.6. The summed E-state index contributed by atoms with van der Waals surface area (Å²) in [7, 11) is 1.64. The smallest absolute Gasteiger partial charge is 0.227 e.